The molecule has 3 aliphatic heterocycles. The van der Waals surface area contributed by atoms with Gasteiger partial charge >= 0.3 is 0 Å². The van der Waals surface area contributed by atoms with Crippen molar-refractivity contribution in [3.8, 4) is 0 Å². The van der Waals surface area contributed by atoms with Gasteiger partial charge in [-0.25, -0.2) is 8.42 Å². The highest BCUT2D eigenvalue weighted by molar-refractivity contribution is 7.89. The van der Waals surface area contributed by atoms with Crippen LogP contribution in [0.1, 0.15) is 80.4 Å². The first-order chi connectivity index (χ1) is 16.3. The number of hydrogen-bond acceptors (Lipinski definition) is 5. The minimum absolute atomic E-state index is 0.115. The summed E-state index contributed by atoms with van der Waals surface area (Å²) < 4.78 is 30.6. The van der Waals surface area contributed by atoms with E-state index in [2.05, 4.69) is 28.6 Å². The molecule has 3 atom stereocenters. The Hall–Kier alpha value is -2.26. The van der Waals surface area contributed by atoms with Crippen molar-refractivity contribution in [1.82, 2.24) is 24.0 Å². The van der Waals surface area contributed by atoms with Gasteiger partial charge in [0.15, 0.2) is 5.82 Å². The van der Waals surface area contributed by atoms with Crippen LogP contribution in [0.15, 0.2) is 29.2 Å². The molecule has 0 spiro atoms. The summed E-state index contributed by atoms with van der Waals surface area (Å²) in [5, 5.41) is 8.92. The number of fused-ring (bicyclic) bond motifs is 1. The van der Waals surface area contributed by atoms with Crippen molar-refractivity contribution in [3.63, 3.8) is 0 Å². The number of nitrogens with zero attached hydrogens (tertiary/aromatic N) is 5. The first kappa shape index (κ1) is 23.5. The van der Waals surface area contributed by atoms with Crippen LogP contribution < -0.4 is 0 Å². The maximum Gasteiger partial charge on any atom is 0.254 e. The molecule has 5 rings (SSSR count). The van der Waals surface area contributed by atoms with Gasteiger partial charge < -0.3 is 9.47 Å². The lowest BCUT2D eigenvalue weighted by Crippen LogP contribution is -2.42. The largest absolute Gasteiger partial charge is 0.328 e. The Labute approximate surface area is 202 Å². The topological polar surface area (TPSA) is 88.4 Å². The molecule has 8 nitrogen and oxygen atoms in total. The van der Waals surface area contributed by atoms with E-state index in [0.29, 0.717) is 37.0 Å². The van der Waals surface area contributed by atoms with Gasteiger partial charge in [-0.05, 0) is 62.1 Å². The first-order valence-electron chi connectivity index (χ1n) is 12.7. The third-order valence-corrected chi connectivity index (χ3v) is 9.33. The Morgan fingerprint density at radius 3 is 2.59 bits per heavy atom. The standard InChI is InChI=1S/C25H35N5O3S/c1-18-14-19(2)17-28(16-18)34(32,33)21-9-6-8-20(15-21)25(31)29-13-7-10-22(29)24-27-26-23-11-4-3-5-12-30(23)24/h6,8-9,15,18-19,22H,3-5,7,10-14,16-17H2,1-2H3. The zero-order chi connectivity index (χ0) is 23.9. The molecule has 0 radical (unpaired) electrons. The fourth-order valence-electron chi connectivity index (χ4n) is 5.94. The number of sulfonamides is 1. The summed E-state index contributed by atoms with van der Waals surface area (Å²) in [6.45, 7) is 6.78. The minimum Gasteiger partial charge on any atom is -0.328 e. The van der Waals surface area contributed by atoms with Crippen LogP contribution in [0.2, 0.25) is 0 Å². The normalized spacial score (nSPS) is 26.3. The quantitative estimate of drug-likeness (QED) is 0.660. The summed E-state index contributed by atoms with van der Waals surface area (Å²) in [7, 11) is -3.64. The summed E-state index contributed by atoms with van der Waals surface area (Å²) >= 11 is 0. The molecule has 184 valence electrons. The molecule has 0 saturated carbocycles. The van der Waals surface area contributed by atoms with E-state index < -0.39 is 10.0 Å². The maximum absolute atomic E-state index is 13.6. The van der Waals surface area contributed by atoms with Gasteiger partial charge in [-0.2, -0.15) is 4.31 Å². The van der Waals surface area contributed by atoms with Gasteiger partial charge in [-0.15, -0.1) is 10.2 Å². The average Bonchev–Trinajstić information content (AvgIpc) is 3.38. The summed E-state index contributed by atoms with van der Waals surface area (Å²) in [5.41, 5.74) is 0.418. The van der Waals surface area contributed by atoms with Crippen molar-refractivity contribution < 1.29 is 13.2 Å². The van der Waals surface area contributed by atoms with Gasteiger partial charge in [0, 0.05) is 38.2 Å². The molecule has 1 amide bonds. The van der Waals surface area contributed by atoms with Gasteiger partial charge in [-0.1, -0.05) is 26.3 Å². The second-order valence-electron chi connectivity index (χ2n) is 10.4. The van der Waals surface area contributed by atoms with Crippen molar-refractivity contribution >= 4 is 15.9 Å². The van der Waals surface area contributed by atoms with Crippen molar-refractivity contribution in [3.05, 3.63) is 41.5 Å². The van der Waals surface area contributed by atoms with Crippen LogP contribution in [-0.2, 0) is 23.0 Å². The van der Waals surface area contributed by atoms with Crippen LogP contribution in [0.4, 0.5) is 0 Å². The van der Waals surface area contributed by atoms with E-state index in [0.717, 1.165) is 56.7 Å². The van der Waals surface area contributed by atoms with Gasteiger partial charge in [0.2, 0.25) is 10.0 Å². The second-order valence-corrected chi connectivity index (χ2v) is 12.3. The highest BCUT2D eigenvalue weighted by atomic mass is 32.2. The number of carbonyl (C=O) groups is 1. The maximum atomic E-state index is 13.6. The zero-order valence-corrected chi connectivity index (χ0v) is 21.0. The molecule has 9 heteroatoms. The molecule has 0 N–H and O–H groups in total. The molecule has 1 aromatic heterocycles. The molecule has 3 unspecified atom stereocenters. The van der Waals surface area contributed by atoms with Crippen LogP contribution in [0, 0.1) is 11.8 Å². The molecule has 2 aromatic rings. The minimum atomic E-state index is -3.64. The Kier molecular flexibility index (Phi) is 6.50. The monoisotopic (exact) mass is 485 g/mol. The van der Waals surface area contributed by atoms with Gasteiger partial charge in [0.1, 0.15) is 5.82 Å². The lowest BCUT2D eigenvalue weighted by Gasteiger charge is -2.34. The summed E-state index contributed by atoms with van der Waals surface area (Å²) in [6, 6.07) is 6.46. The molecular formula is C25H35N5O3S. The van der Waals surface area contributed by atoms with Gasteiger partial charge in [0.05, 0.1) is 10.9 Å². The number of benzene rings is 1. The average molecular weight is 486 g/mol. The number of carbonyl (C=O) groups excluding carboxylic acids is 1. The van der Waals surface area contributed by atoms with Crippen molar-refractivity contribution in [2.24, 2.45) is 11.8 Å². The third kappa shape index (κ3) is 4.40. The molecular weight excluding hydrogens is 450 g/mol. The highest BCUT2D eigenvalue weighted by Crippen LogP contribution is 2.34. The van der Waals surface area contributed by atoms with Gasteiger partial charge in [0.25, 0.3) is 5.91 Å². The molecule has 0 bridgehead atoms. The Morgan fingerprint density at radius 1 is 1.00 bits per heavy atom. The van der Waals surface area contributed by atoms with E-state index in [4.69, 9.17) is 0 Å². The van der Waals surface area contributed by atoms with E-state index in [1.165, 1.54) is 6.42 Å². The predicted octanol–water partition coefficient (Wildman–Crippen LogP) is 3.65. The Bertz CT molecular complexity index is 1150. The van der Waals surface area contributed by atoms with Crippen molar-refractivity contribution in [2.45, 2.75) is 76.3 Å². The molecule has 1 aromatic carbocycles. The summed E-state index contributed by atoms with van der Waals surface area (Å²) in [4.78, 5) is 15.7. The third-order valence-electron chi connectivity index (χ3n) is 7.50. The van der Waals surface area contributed by atoms with E-state index in [9.17, 15) is 13.2 Å². The highest BCUT2D eigenvalue weighted by Gasteiger charge is 2.36. The Balaban J connectivity index is 1.40. The van der Waals surface area contributed by atoms with Crippen molar-refractivity contribution in [1.29, 1.82) is 0 Å². The van der Waals surface area contributed by atoms with Crippen LogP contribution in [0.3, 0.4) is 0 Å². The van der Waals surface area contributed by atoms with Crippen molar-refractivity contribution in [2.75, 3.05) is 19.6 Å². The summed E-state index contributed by atoms with van der Waals surface area (Å²) in [5.74, 6) is 2.41. The number of aromatic nitrogens is 3. The molecule has 0 aliphatic carbocycles. The lowest BCUT2D eigenvalue weighted by atomic mass is 9.94. The van der Waals surface area contributed by atoms with Crippen LogP contribution >= 0.6 is 0 Å². The number of likely N-dealkylation sites (tertiary alicyclic amines) is 1. The number of aryl methyl sites for hydroxylation is 1. The van der Waals surface area contributed by atoms with Crippen LogP contribution in [0.25, 0.3) is 0 Å². The van der Waals surface area contributed by atoms with E-state index in [1.807, 2.05) is 4.90 Å². The smallest absolute Gasteiger partial charge is 0.254 e. The molecule has 34 heavy (non-hydrogen) atoms. The number of rotatable bonds is 4. The Morgan fingerprint density at radius 2 is 1.79 bits per heavy atom. The molecule has 4 heterocycles. The van der Waals surface area contributed by atoms with Gasteiger partial charge in [-0.3, -0.25) is 4.79 Å². The predicted molar refractivity (Wildman–Crippen MR) is 129 cm³/mol. The zero-order valence-electron chi connectivity index (χ0n) is 20.2. The lowest BCUT2D eigenvalue weighted by molar-refractivity contribution is 0.0726. The van der Waals surface area contributed by atoms with Crippen LogP contribution in [0.5, 0.6) is 0 Å². The fraction of sp³-hybridized carbons (Fsp3) is 0.640. The first-order valence-corrected chi connectivity index (χ1v) is 14.1. The van der Waals surface area contributed by atoms with E-state index in [-0.39, 0.29) is 16.8 Å². The molecule has 3 aliphatic rings. The van der Waals surface area contributed by atoms with Crippen LogP contribution in [-0.4, -0.2) is 57.9 Å². The second kappa shape index (κ2) is 9.41. The van der Waals surface area contributed by atoms with E-state index >= 15 is 0 Å². The fourth-order valence-corrected chi connectivity index (χ4v) is 7.66. The number of amides is 1. The molecule has 2 saturated heterocycles. The SMILES string of the molecule is CC1CC(C)CN(S(=O)(=O)c2cccc(C(=O)N3CCCC3c3nnc4n3CCCCC4)c2)C1. The molecule has 2 fully saturated rings. The number of piperidine rings is 1. The summed E-state index contributed by atoms with van der Waals surface area (Å²) in [6.07, 6.45) is 7.14. The van der Waals surface area contributed by atoms with E-state index in [1.54, 1.807) is 28.6 Å². The number of hydrogen-bond donors (Lipinski definition) is 0.